The molecule has 0 aliphatic rings. The van der Waals surface area contributed by atoms with E-state index in [1.807, 2.05) is 0 Å². The van der Waals surface area contributed by atoms with Crippen molar-refractivity contribution in [3.8, 4) is 0 Å². The number of hydrogen-bond donors (Lipinski definition) is 0. The van der Waals surface area contributed by atoms with E-state index in [9.17, 15) is 0 Å². The van der Waals surface area contributed by atoms with Gasteiger partial charge in [0.1, 0.15) is 5.56 Å². The second-order valence-corrected chi connectivity index (χ2v) is 3.47. The standard InChI is InChI=1S/C12H17O2/c1-8-6-9(2)11(10(3)7-8)12(13-4)14-5/h6-7H,1-5H3/q+1. The van der Waals surface area contributed by atoms with Gasteiger partial charge >= 0.3 is 5.97 Å². The molecule has 0 radical (unpaired) electrons. The van der Waals surface area contributed by atoms with Crippen LogP contribution in [0, 0.1) is 20.8 Å². The molecule has 0 fully saturated rings. The topological polar surface area (TPSA) is 20.5 Å². The van der Waals surface area contributed by atoms with Crippen LogP contribution in [-0.2, 0) is 4.74 Å². The highest BCUT2D eigenvalue weighted by molar-refractivity contribution is 5.93. The van der Waals surface area contributed by atoms with Gasteiger partial charge in [0.15, 0.2) is 14.2 Å². The summed E-state index contributed by atoms with van der Waals surface area (Å²) in [5, 5.41) is 0. The second-order valence-electron chi connectivity index (χ2n) is 3.47. The number of aryl methyl sites for hydroxylation is 3. The van der Waals surface area contributed by atoms with Crippen molar-refractivity contribution in [1.29, 1.82) is 0 Å². The van der Waals surface area contributed by atoms with Crippen molar-refractivity contribution in [2.24, 2.45) is 0 Å². The molecule has 0 bridgehead atoms. The van der Waals surface area contributed by atoms with Gasteiger partial charge in [-0.15, -0.1) is 0 Å². The van der Waals surface area contributed by atoms with E-state index in [1.165, 1.54) is 16.7 Å². The predicted molar refractivity (Wildman–Crippen MR) is 57.9 cm³/mol. The van der Waals surface area contributed by atoms with Crippen LogP contribution in [0.4, 0.5) is 0 Å². The average molecular weight is 193 g/mol. The van der Waals surface area contributed by atoms with Crippen LogP contribution in [-0.4, -0.2) is 20.2 Å². The molecule has 2 nitrogen and oxygen atoms in total. The molecule has 1 aromatic rings. The Morgan fingerprint density at radius 1 is 1.14 bits per heavy atom. The van der Waals surface area contributed by atoms with Gasteiger partial charge in [0, 0.05) is 0 Å². The average Bonchev–Trinajstić information content (AvgIpc) is 2.10. The molecule has 0 aliphatic carbocycles. The smallest absolute Gasteiger partial charge is 0.321 e. The number of ether oxygens (including phenoxy) is 1. The minimum Gasteiger partial charge on any atom is -0.321 e. The fraction of sp³-hybridized carbons (Fsp3) is 0.417. The molecule has 0 unspecified atom stereocenters. The van der Waals surface area contributed by atoms with Crippen LogP contribution in [0.15, 0.2) is 12.1 Å². The maximum Gasteiger partial charge on any atom is 0.519 e. The zero-order valence-electron chi connectivity index (χ0n) is 9.47. The Bertz CT molecular complexity index is 342. The Morgan fingerprint density at radius 3 is 2.00 bits per heavy atom. The van der Waals surface area contributed by atoms with Crippen molar-refractivity contribution in [3.05, 3.63) is 34.4 Å². The fourth-order valence-corrected chi connectivity index (χ4v) is 1.79. The molecular weight excluding hydrogens is 176 g/mol. The van der Waals surface area contributed by atoms with Gasteiger partial charge in [-0.25, -0.2) is 0 Å². The number of hydrogen-bond acceptors (Lipinski definition) is 1. The van der Waals surface area contributed by atoms with E-state index in [2.05, 4.69) is 32.9 Å². The van der Waals surface area contributed by atoms with Gasteiger partial charge in [0.2, 0.25) is 0 Å². The highest BCUT2D eigenvalue weighted by atomic mass is 16.6. The summed E-state index contributed by atoms with van der Waals surface area (Å²) in [5.74, 6) is 0.583. The first-order valence-corrected chi connectivity index (χ1v) is 4.63. The first-order chi connectivity index (χ1) is 6.60. The normalized spacial score (nSPS) is 11.6. The van der Waals surface area contributed by atoms with Crippen LogP contribution < -0.4 is 0 Å². The van der Waals surface area contributed by atoms with Gasteiger partial charge in [0.05, 0.1) is 0 Å². The summed E-state index contributed by atoms with van der Waals surface area (Å²) < 4.78 is 10.4. The van der Waals surface area contributed by atoms with E-state index >= 15 is 0 Å². The molecule has 76 valence electrons. The first kappa shape index (κ1) is 10.8. The van der Waals surface area contributed by atoms with Gasteiger partial charge in [-0.2, -0.15) is 0 Å². The quantitative estimate of drug-likeness (QED) is 0.496. The third kappa shape index (κ3) is 1.95. The lowest BCUT2D eigenvalue weighted by Crippen LogP contribution is -2.08. The largest absolute Gasteiger partial charge is 0.519 e. The highest BCUT2D eigenvalue weighted by Gasteiger charge is 2.20. The minimum absolute atomic E-state index is 0.583. The van der Waals surface area contributed by atoms with E-state index in [0.717, 1.165) is 5.56 Å². The van der Waals surface area contributed by atoms with Crippen molar-refractivity contribution >= 4 is 5.97 Å². The Hall–Kier alpha value is -1.31. The predicted octanol–water partition coefficient (Wildman–Crippen LogP) is 2.56. The van der Waals surface area contributed by atoms with Crippen LogP contribution in [0.2, 0.25) is 0 Å². The maximum absolute atomic E-state index is 5.18. The molecule has 1 rings (SSSR count). The SMILES string of the molecule is COC(=[O+]C)c1c(C)cc(C)cc1C. The summed E-state index contributed by atoms with van der Waals surface area (Å²) in [6.45, 7) is 6.21. The summed E-state index contributed by atoms with van der Waals surface area (Å²) in [6, 6.07) is 4.25. The van der Waals surface area contributed by atoms with E-state index < -0.39 is 0 Å². The molecule has 14 heavy (non-hydrogen) atoms. The van der Waals surface area contributed by atoms with E-state index in [-0.39, 0.29) is 0 Å². The molecule has 2 heteroatoms. The Morgan fingerprint density at radius 2 is 1.64 bits per heavy atom. The second kappa shape index (κ2) is 4.27. The highest BCUT2D eigenvalue weighted by Crippen LogP contribution is 2.17. The number of rotatable bonds is 1. The molecule has 0 atom stereocenters. The van der Waals surface area contributed by atoms with Gasteiger partial charge in [-0.05, 0) is 31.9 Å². The van der Waals surface area contributed by atoms with Gasteiger partial charge < -0.3 is 9.16 Å². The summed E-state index contributed by atoms with van der Waals surface area (Å²) in [5.41, 5.74) is 4.68. The van der Waals surface area contributed by atoms with Crippen molar-refractivity contribution in [2.45, 2.75) is 20.8 Å². The Kier molecular flexibility index (Phi) is 3.28. The molecular formula is C12H17O2+. The lowest BCUT2D eigenvalue weighted by atomic mass is 10.00. The lowest BCUT2D eigenvalue weighted by molar-refractivity contribution is -0.239. The van der Waals surface area contributed by atoms with Crippen LogP contribution in [0.3, 0.4) is 0 Å². The zero-order valence-corrected chi connectivity index (χ0v) is 9.47. The summed E-state index contributed by atoms with van der Waals surface area (Å²) in [6.07, 6.45) is 0. The lowest BCUT2D eigenvalue weighted by Gasteiger charge is -2.05. The molecule has 0 spiro atoms. The van der Waals surface area contributed by atoms with Crippen LogP contribution >= 0.6 is 0 Å². The molecule has 0 saturated heterocycles. The first-order valence-electron chi connectivity index (χ1n) is 4.63. The van der Waals surface area contributed by atoms with E-state index in [0.29, 0.717) is 5.97 Å². The summed E-state index contributed by atoms with van der Waals surface area (Å²) in [4.78, 5) is 0. The van der Waals surface area contributed by atoms with Crippen LogP contribution in [0.1, 0.15) is 26.7 Å². The van der Waals surface area contributed by atoms with Crippen LogP contribution in [0.25, 0.3) is 0 Å². The van der Waals surface area contributed by atoms with Crippen LogP contribution in [0.5, 0.6) is 0 Å². The summed E-state index contributed by atoms with van der Waals surface area (Å²) in [7, 11) is 3.25. The number of carbonyl (C=O) groups excluding carboxylic acids is 1. The molecule has 0 aromatic heterocycles. The maximum atomic E-state index is 5.18. The van der Waals surface area contributed by atoms with Crippen molar-refractivity contribution < 1.29 is 9.16 Å². The molecule has 0 saturated carbocycles. The molecule has 0 N–H and O–H groups in total. The van der Waals surface area contributed by atoms with Crippen molar-refractivity contribution in [2.75, 3.05) is 14.2 Å². The minimum atomic E-state index is 0.583. The van der Waals surface area contributed by atoms with Gasteiger partial charge in [-0.1, -0.05) is 17.7 Å². The Labute approximate surface area is 85.2 Å². The summed E-state index contributed by atoms with van der Waals surface area (Å²) >= 11 is 0. The third-order valence-corrected chi connectivity index (χ3v) is 2.25. The third-order valence-electron chi connectivity index (χ3n) is 2.25. The van der Waals surface area contributed by atoms with Crippen molar-refractivity contribution in [3.63, 3.8) is 0 Å². The fourth-order valence-electron chi connectivity index (χ4n) is 1.79. The Balaban J connectivity index is 3.34. The molecule has 0 aliphatic heterocycles. The number of methoxy groups -OCH3 is 1. The van der Waals surface area contributed by atoms with Gasteiger partial charge in [0.25, 0.3) is 0 Å². The monoisotopic (exact) mass is 193 g/mol. The zero-order chi connectivity index (χ0) is 10.7. The van der Waals surface area contributed by atoms with Crippen molar-refractivity contribution in [1.82, 2.24) is 0 Å². The molecule has 1 aromatic carbocycles. The number of esters is 1. The molecule has 0 heterocycles. The number of benzene rings is 1. The van der Waals surface area contributed by atoms with E-state index in [1.54, 1.807) is 14.2 Å². The van der Waals surface area contributed by atoms with Gasteiger partial charge in [-0.3, -0.25) is 0 Å². The molecule has 0 amide bonds. The van der Waals surface area contributed by atoms with E-state index in [4.69, 9.17) is 9.16 Å².